The molecular formula is C14H20N2. The summed E-state index contributed by atoms with van der Waals surface area (Å²) in [7, 11) is 0. The molecule has 1 heterocycles. The first-order valence-corrected chi connectivity index (χ1v) is 6.38. The lowest BCUT2D eigenvalue weighted by atomic mass is 10.0. The zero-order valence-corrected chi connectivity index (χ0v) is 9.73. The van der Waals surface area contributed by atoms with Crippen LogP contribution in [0.1, 0.15) is 36.3 Å². The largest absolute Gasteiger partial charge is 0.326 e. The molecule has 0 radical (unpaired) electrons. The van der Waals surface area contributed by atoms with Crippen molar-refractivity contribution in [2.75, 3.05) is 13.1 Å². The van der Waals surface area contributed by atoms with E-state index < -0.39 is 0 Å². The summed E-state index contributed by atoms with van der Waals surface area (Å²) in [5, 5.41) is 0. The van der Waals surface area contributed by atoms with E-state index in [0.717, 1.165) is 25.4 Å². The van der Waals surface area contributed by atoms with Crippen LogP contribution in [0.15, 0.2) is 24.3 Å². The Morgan fingerprint density at radius 1 is 1.19 bits per heavy atom. The van der Waals surface area contributed by atoms with Crippen LogP contribution in [0.4, 0.5) is 0 Å². The van der Waals surface area contributed by atoms with Crippen LogP contribution in [0.25, 0.3) is 0 Å². The number of likely N-dealkylation sites (tertiary alicyclic amines) is 1. The molecule has 1 aromatic rings. The Morgan fingerprint density at radius 2 is 2.00 bits per heavy atom. The predicted octanol–water partition coefficient (Wildman–Crippen LogP) is 2.10. The van der Waals surface area contributed by atoms with Crippen molar-refractivity contribution in [3.63, 3.8) is 0 Å². The minimum atomic E-state index is 0.396. The van der Waals surface area contributed by atoms with Crippen LogP contribution in [0, 0.1) is 0 Å². The molecule has 0 spiro atoms. The second-order valence-electron chi connectivity index (χ2n) is 5.26. The van der Waals surface area contributed by atoms with Crippen molar-refractivity contribution in [2.24, 2.45) is 5.73 Å². The van der Waals surface area contributed by atoms with Gasteiger partial charge in [-0.1, -0.05) is 24.3 Å². The Hall–Kier alpha value is -0.860. The molecule has 2 nitrogen and oxygen atoms in total. The van der Waals surface area contributed by atoms with E-state index in [-0.39, 0.29) is 0 Å². The molecule has 2 fully saturated rings. The zero-order valence-electron chi connectivity index (χ0n) is 9.73. The topological polar surface area (TPSA) is 29.3 Å². The minimum Gasteiger partial charge on any atom is -0.326 e. The van der Waals surface area contributed by atoms with Crippen LogP contribution in [0.2, 0.25) is 0 Å². The molecule has 0 amide bonds. The van der Waals surface area contributed by atoms with Gasteiger partial charge >= 0.3 is 0 Å². The maximum Gasteiger partial charge on any atom is 0.0237 e. The van der Waals surface area contributed by atoms with E-state index in [4.69, 9.17) is 5.73 Å². The Morgan fingerprint density at radius 3 is 2.69 bits per heavy atom. The van der Waals surface area contributed by atoms with Crippen molar-refractivity contribution in [2.45, 2.75) is 37.8 Å². The highest BCUT2D eigenvalue weighted by Crippen LogP contribution is 2.41. The van der Waals surface area contributed by atoms with Crippen molar-refractivity contribution in [3.8, 4) is 0 Å². The molecule has 1 saturated carbocycles. The maximum absolute atomic E-state index is 5.95. The fraction of sp³-hybridized carbons (Fsp3) is 0.571. The van der Waals surface area contributed by atoms with Gasteiger partial charge in [0.2, 0.25) is 0 Å². The van der Waals surface area contributed by atoms with E-state index in [1.165, 1.54) is 24.9 Å². The van der Waals surface area contributed by atoms with E-state index in [0.29, 0.717) is 6.04 Å². The number of benzene rings is 1. The Kier molecular flexibility index (Phi) is 2.70. The summed E-state index contributed by atoms with van der Waals surface area (Å²) in [5.41, 5.74) is 9.06. The van der Waals surface area contributed by atoms with Crippen LogP contribution in [0.3, 0.4) is 0 Å². The summed E-state index contributed by atoms with van der Waals surface area (Å²) in [6, 6.07) is 9.33. The number of rotatable bonds is 3. The molecule has 1 aliphatic carbocycles. The van der Waals surface area contributed by atoms with Crippen LogP contribution in [-0.4, -0.2) is 24.0 Å². The average molecular weight is 216 g/mol. The summed E-state index contributed by atoms with van der Waals surface area (Å²) in [5.74, 6) is 0.854. The van der Waals surface area contributed by atoms with E-state index in [1.807, 2.05) is 0 Å². The molecule has 2 N–H and O–H groups in total. The molecule has 16 heavy (non-hydrogen) atoms. The molecule has 2 aliphatic rings. The minimum absolute atomic E-state index is 0.396. The Balaban J connectivity index is 1.73. The van der Waals surface area contributed by atoms with Crippen LogP contribution >= 0.6 is 0 Å². The number of hydrogen-bond acceptors (Lipinski definition) is 2. The quantitative estimate of drug-likeness (QED) is 0.838. The van der Waals surface area contributed by atoms with Crippen molar-refractivity contribution < 1.29 is 0 Å². The predicted molar refractivity (Wildman–Crippen MR) is 66.3 cm³/mol. The van der Waals surface area contributed by atoms with Crippen molar-refractivity contribution in [1.82, 2.24) is 4.90 Å². The molecule has 1 saturated heterocycles. The lowest BCUT2D eigenvalue weighted by molar-refractivity contribution is 0.326. The van der Waals surface area contributed by atoms with Crippen molar-refractivity contribution in [1.29, 1.82) is 0 Å². The maximum atomic E-state index is 5.95. The van der Waals surface area contributed by atoms with E-state index >= 15 is 0 Å². The molecule has 1 unspecified atom stereocenters. The molecule has 1 aliphatic heterocycles. The van der Waals surface area contributed by atoms with Gasteiger partial charge in [0.05, 0.1) is 0 Å². The smallest absolute Gasteiger partial charge is 0.0237 e. The van der Waals surface area contributed by atoms with Crippen molar-refractivity contribution >= 4 is 0 Å². The van der Waals surface area contributed by atoms with Crippen molar-refractivity contribution in [3.05, 3.63) is 35.4 Å². The molecule has 0 aromatic heterocycles. The SMILES string of the molecule is NC1CCN(Cc2ccccc2C2CC2)C1. The summed E-state index contributed by atoms with van der Waals surface area (Å²) in [6.07, 6.45) is 3.93. The second kappa shape index (κ2) is 4.19. The Bertz CT molecular complexity index is 371. The summed E-state index contributed by atoms with van der Waals surface area (Å²) in [4.78, 5) is 2.49. The zero-order chi connectivity index (χ0) is 11.0. The van der Waals surface area contributed by atoms with Gasteiger partial charge in [-0.2, -0.15) is 0 Å². The molecule has 86 valence electrons. The lowest BCUT2D eigenvalue weighted by Crippen LogP contribution is -2.26. The number of nitrogens with two attached hydrogens (primary N) is 1. The average Bonchev–Trinajstić information content (AvgIpc) is 3.04. The van der Waals surface area contributed by atoms with E-state index in [2.05, 4.69) is 29.2 Å². The lowest BCUT2D eigenvalue weighted by Gasteiger charge is -2.17. The van der Waals surface area contributed by atoms with Gasteiger partial charge < -0.3 is 5.73 Å². The normalized spacial score (nSPS) is 26.2. The molecule has 3 rings (SSSR count). The standard InChI is InChI=1S/C14H20N2/c15-13-7-8-16(10-13)9-12-3-1-2-4-14(12)11-5-6-11/h1-4,11,13H,5-10,15H2. The first kappa shape index (κ1) is 10.3. The van der Waals surface area contributed by atoms with Gasteiger partial charge in [0.15, 0.2) is 0 Å². The van der Waals surface area contributed by atoms with Gasteiger partial charge in [-0.05, 0) is 36.3 Å². The summed E-state index contributed by atoms with van der Waals surface area (Å²) >= 11 is 0. The third kappa shape index (κ3) is 2.13. The first-order chi connectivity index (χ1) is 7.83. The van der Waals surface area contributed by atoms with Gasteiger partial charge in [0, 0.05) is 25.7 Å². The molecule has 1 aromatic carbocycles. The fourth-order valence-electron chi connectivity index (χ4n) is 2.72. The van der Waals surface area contributed by atoms with Crippen LogP contribution in [-0.2, 0) is 6.54 Å². The molecule has 2 heteroatoms. The number of nitrogens with zero attached hydrogens (tertiary/aromatic N) is 1. The fourth-order valence-corrected chi connectivity index (χ4v) is 2.72. The highest BCUT2D eigenvalue weighted by Gasteiger charge is 2.27. The first-order valence-electron chi connectivity index (χ1n) is 6.38. The van der Waals surface area contributed by atoms with Gasteiger partial charge in [0.1, 0.15) is 0 Å². The summed E-state index contributed by atoms with van der Waals surface area (Å²) < 4.78 is 0. The van der Waals surface area contributed by atoms with E-state index in [9.17, 15) is 0 Å². The number of hydrogen-bond donors (Lipinski definition) is 1. The highest BCUT2D eigenvalue weighted by atomic mass is 15.2. The van der Waals surface area contributed by atoms with Crippen LogP contribution in [0.5, 0.6) is 0 Å². The monoisotopic (exact) mass is 216 g/mol. The third-order valence-electron chi connectivity index (χ3n) is 3.78. The molecule has 1 atom stereocenters. The second-order valence-corrected chi connectivity index (χ2v) is 5.26. The summed E-state index contributed by atoms with van der Waals surface area (Å²) in [6.45, 7) is 3.33. The van der Waals surface area contributed by atoms with Crippen LogP contribution < -0.4 is 5.73 Å². The molecule has 0 bridgehead atoms. The van der Waals surface area contributed by atoms with Gasteiger partial charge in [-0.25, -0.2) is 0 Å². The van der Waals surface area contributed by atoms with E-state index in [1.54, 1.807) is 5.56 Å². The Labute approximate surface area is 97.4 Å². The van der Waals surface area contributed by atoms with Gasteiger partial charge in [0.25, 0.3) is 0 Å². The molecular weight excluding hydrogens is 196 g/mol. The van der Waals surface area contributed by atoms with Gasteiger partial charge in [-0.15, -0.1) is 0 Å². The van der Waals surface area contributed by atoms with Gasteiger partial charge in [-0.3, -0.25) is 4.90 Å². The highest BCUT2D eigenvalue weighted by molar-refractivity contribution is 5.33. The third-order valence-corrected chi connectivity index (χ3v) is 3.78.